The van der Waals surface area contributed by atoms with E-state index in [-0.39, 0.29) is 11.3 Å². The molecule has 3 heterocycles. The highest BCUT2D eigenvalue weighted by Gasteiger charge is 2.56. The highest BCUT2D eigenvalue weighted by Crippen LogP contribution is 2.47. The summed E-state index contributed by atoms with van der Waals surface area (Å²) in [6.07, 6.45) is 1.40. The van der Waals surface area contributed by atoms with E-state index in [9.17, 15) is 4.79 Å². The van der Waals surface area contributed by atoms with Crippen molar-refractivity contribution in [3.63, 3.8) is 0 Å². The van der Waals surface area contributed by atoms with Gasteiger partial charge in [0, 0.05) is 43.9 Å². The normalized spacial score (nSPS) is 22.0. The fraction of sp³-hybridized carbons (Fsp3) is 0.550. The number of hydrogen-bond acceptors (Lipinski definition) is 4. The Morgan fingerprint density at radius 3 is 2.73 bits per heavy atom. The minimum atomic E-state index is 0.113. The third-order valence-electron chi connectivity index (χ3n) is 5.98. The summed E-state index contributed by atoms with van der Waals surface area (Å²) in [6, 6.07) is 8.31. The topological polar surface area (TPSA) is 65.1 Å². The van der Waals surface area contributed by atoms with Crippen LogP contribution in [0.5, 0.6) is 0 Å². The van der Waals surface area contributed by atoms with Crippen LogP contribution in [0.2, 0.25) is 0 Å². The van der Waals surface area contributed by atoms with Crippen LogP contribution < -0.4 is 0 Å². The molecular weight excluding hydrogens is 326 g/mol. The summed E-state index contributed by atoms with van der Waals surface area (Å²) >= 11 is 0. The molecule has 6 nitrogen and oxygen atoms in total. The lowest BCUT2D eigenvalue weighted by Crippen LogP contribution is -2.61. The van der Waals surface area contributed by atoms with E-state index in [2.05, 4.69) is 46.2 Å². The fourth-order valence-electron chi connectivity index (χ4n) is 4.59. The number of benzene rings is 1. The Morgan fingerprint density at radius 2 is 2.04 bits per heavy atom. The molecule has 0 saturated carbocycles. The second kappa shape index (κ2) is 6.50. The molecule has 2 aliphatic heterocycles. The number of amides is 1. The third kappa shape index (κ3) is 3.03. The van der Waals surface area contributed by atoms with Gasteiger partial charge in [-0.15, -0.1) is 0 Å². The molecule has 2 fully saturated rings. The zero-order valence-corrected chi connectivity index (χ0v) is 15.8. The first-order valence-electron chi connectivity index (χ1n) is 9.36. The van der Waals surface area contributed by atoms with E-state index in [1.54, 1.807) is 0 Å². The van der Waals surface area contributed by atoms with Crippen LogP contribution >= 0.6 is 0 Å². The summed E-state index contributed by atoms with van der Waals surface area (Å²) < 4.78 is 0. The predicted molar refractivity (Wildman–Crippen MR) is 99.9 cm³/mol. The largest absolute Gasteiger partial charge is 0.341 e. The van der Waals surface area contributed by atoms with E-state index in [1.165, 1.54) is 11.1 Å². The summed E-state index contributed by atoms with van der Waals surface area (Å²) in [5.41, 5.74) is 2.64. The van der Waals surface area contributed by atoms with Crippen molar-refractivity contribution in [3.8, 4) is 0 Å². The number of H-pyrrole nitrogens is 1. The van der Waals surface area contributed by atoms with E-state index < -0.39 is 0 Å². The van der Waals surface area contributed by atoms with E-state index >= 15 is 0 Å². The number of aromatic amines is 1. The fourth-order valence-corrected chi connectivity index (χ4v) is 4.59. The number of nitrogens with zero attached hydrogens (tertiary/aromatic N) is 4. The average molecular weight is 353 g/mol. The molecule has 1 spiro atoms. The second-order valence-corrected chi connectivity index (χ2v) is 8.07. The first-order valence-corrected chi connectivity index (χ1v) is 9.36. The van der Waals surface area contributed by atoms with Crippen LogP contribution in [0.4, 0.5) is 0 Å². The molecule has 1 unspecified atom stereocenters. The van der Waals surface area contributed by atoms with Gasteiger partial charge in [0.2, 0.25) is 5.91 Å². The summed E-state index contributed by atoms with van der Waals surface area (Å²) in [5.74, 6) is 2.32. The van der Waals surface area contributed by atoms with Crippen molar-refractivity contribution in [3.05, 3.63) is 47.0 Å². The molecule has 26 heavy (non-hydrogen) atoms. The van der Waals surface area contributed by atoms with Crippen LogP contribution in [-0.4, -0.2) is 64.1 Å². The van der Waals surface area contributed by atoms with Gasteiger partial charge in [0.15, 0.2) is 5.82 Å². The van der Waals surface area contributed by atoms with Gasteiger partial charge in [-0.25, -0.2) is 4.98 Å². The van der Waals surface area contributed by atoms with Gasteiger partial charge in [0.1, 0.15) is 5.82 Å². The number of aromatic nitrogens is 3. The van der Waals surface area contributed by atoms with Gasteiger partial charge in [-0.2, -0.15) is 5.10 Å². The Hall–Kier alpha value is -2.21. The number of rotatable bonds is 4. The van der Waals surface area contributed by atoms with Crippen LogP contribution in [0.1, 0.15) is 35.1 Å². The number of likely N-dealkylation sites (N-methyl/N-ethyl adjacent to an activating group) is 1. The molecule has 4 rings (SSSR count). The third-order valence-corrected chi connectivity index (χ3v) is 5.98. The molecule has 6 heteroatoms. The Balaban J connectivity index is 1.38. The molecule has 1 aromatic heterocycles. The van der Waals surface area contributed by atoms with E-state index in [4.69, 9.17) is 0 Å². The van der Waals surface area contributed by atoms with Crippen molar-refractivity contribution in [2.75, 3.05) is 33.2 Å². The molecule has 1 N–H and O–H groups in total. The minimum Gasteiger partial charge on any atom is -0.341 e. The quantitative estimate of drug-likeness (QED) is 0.912. The van der Waals surface area contributed by atoms with Crippen molar-refractivity contribution < 1.29 is 4.79 Å². The SMILES string of the molecule is Cc1nc(C2CN(C)CC23CN(C(=O)CCc2ccccc2C)C3)n[nH]1. The molecule has 0 radical (unpaired) electrons. The number of nitrogens with one attached hydrogen (secondary N) is 1. The molecule has 1 amide bonds. The summed E-state index contributed by atoms with van der Waals surface area (Å²) in [5, 5.41) is 7.36. The van der Waals surface area contributed by atoms with Gasteiger partial charge < -0.3 is 9.80 Å². The van der Waals surface area contributed by atoms with Crippen LogP contribution in [0.25, 0.3) is 0 Å². The molecule has 138 valence electrons. The summed E-state index contributed by atoms with van der Waals surface area (Å²) in [4.78, 5) is 21.6. The Bertz CT molecular complexity index is 808. The van der Waals surface area contributed by atoms with Gasteiger partial charge in [-0.05, 0) is 38.4 Å². The molecule has 2 aromatic rings. The lowest BCUT2D eigenvalue weighted by Gasteiger charge is -2.50. The maximum Gasteiger partial charge on any atom is 0.222 e. The van der Waals surface area contributed by atoms with Crippen LogP contribution in [-0.2, 0) is 11.2 Å². The molecule has 2 aliphatic rings. The van der Waals surface area contributed by atoms with Crippen molar-refractivity contribution in [2.45, 2.75) is 32.6 Å². The molecule has 2 saturated heterocycles. The van der Waals surface area contributed by atoms with E-state index in [1.807, 2.05) is 24.0 Å². The summed E-state index contributed by atoms with van der Waals surface area (Å²) in [7, 11) is 2.14. The van der Waals surface area contributed by atoms with E-state index in [0.717, 1.165) is 44.2 Å². The predicted octanol–water partition coefficient (Wildman–Crippen LogP) is 1.91. The minimum absolute atomic E-state index is 0.113. The first-order chi connectivity index (χ1) is 12.5. The van der Waals surface area contributed by atoms with E-state index in [0.29, 0.717) is 12.3 Å². The van der Waals surface area contributed by atoms with Crippen LogP contribution in [0, 0.1) is 19.3 Å². The first kappa shape index (κ1) is 17.2. The number of carbonyl (C=O) groups is 1. The van der Waals surface area contributed by atoms with Crippen LogP contribution in [0.3, 0.4) is 0 Å². The zero-order valence-electron chi connectivity index (χ0n) is 15.8. The van der Waals surface area contributed by atoms with Gasteiger partial charge in [-0.1, -0.05) is 24.3 Å². The second-order valence-electron chi connectivity index (χ2n) is 8.07. The van der Waals surface area contributed by atoms with Gasteiger partial charge in [0.25, 0.3) is 0 Å². The van der Waals surface area contributed by atoms with Crippen LogP contribution in [0.15, 0.2) is 24.3 Å². The van der Waals surface area contributed by atoms with Crippen molar-refractivity contribution in [1.82, 2.24) is 25.0 Å². The molecule has 1 aromatic carbocycles. The van der Waals surface area contributed by atoms with Crippen molar-refractivity contribution in [1.29, 1.82) is 0 Å². The highest BCUT2D eigenvalue weighted by atomic mass is 16.2. The molecule has 1 atom stereocenters. The standard InChI is InChI=1S/C20H27N5O/c1-14-6-4-5-7-16(14)8-9-18(26)25-12-20(13-25)11-24(3)10-17(20)19-21-15(2)22-23-19/h4-7,17H,8-13H2,1-3H3,(H,21,22,23). The number of carbonyl (C=O) groups excluding carboxylic acids is 1. The highest BCUT2D eigenvalue weighted by molar-refractivity contribution is 5.77. The lowest BCUT2D eigenvalue weighted by atomic mass is 9.71. The van der Waals surface area contributed by atoms with Gasteiger partial charge in [0.05, 0.1) is 0 Å². The average Bonchev–Trinajstić information content (AvgIpc) is 3.15. The Morgan fingerprint density at radius 1 is 1.27 bits per heavy atom. The van der Waals surface area contributed by atoms with Crippen molar-refractivity contribution >= 4 is 5.91 Å². The Labute approximate surface area is 154 Å². The maximum atomic E-state index is 12.7. The Kier molecular flexibility index (Phi) is 4.31. The number of likely N-dealkylation sites (tertiary alicyclic amines) is 2. The van der Waals surface area contributed by atoms with Gasteiger partial charge >= 0.3 is 0 Å². The maximum absolute atomic E-state index is 12.7. The molecule has 0 aliphatic carbocycles. The summed E-state index contributed by atoms with van der Waals surface area (Å²) in [6.45, 7) is 7.65. The monoisotopic (exact) mass is 353 g/mol. The molecule has 0 bridgehead atoms. The lowest BCUT2D eigenvalue weighted by molar-refractivity contribution is -0.143. The smallest absolute Gasteiger partial charge is 0.222 e. The number of aryl methyl sites for hydroxylation is 3. The zero-order chi connectivity index (χ0) is 18.3. The van der Waals surface area contributed by atoms with Crippen molar-refractivity contribution in [2.24, 2.45) is 5.41 Å². The number of hydrogen-bond donors (Lipinski definition) is 1. The molecular formula is C20H27N5O. The van der Waals surface area contributed by atoms with Gasteiger partial charge in [-0.3, -0.25) is 9.89 Å².